The summed E-state index contributed by atoms with van der Waals surface area (Å²) in [4.78, 5) is 12.1. The van der Waals surface area contributed by atoms with Gasteiger partial charge in [0.2, 0.25) is 5.91 Å². The highest BCUT2D eigenvalue weighted by Crippen LogP contribution is 2.45. The third-order valence-electron chi connectivity index (χ3n) is 4.21. The predicted octanol–water partition coefficient (Wildman–Crippen LogP) is 3.52. The molecule has 0 spiro atoms. The Balaban J connectivity index is 1.71. The highest BCUT2D eigenvalue weighted by molar-refractivity contribution is 8.21. The van der Waals surface area contributed by atoms with E-state index in [1.807, 2.05) is 42.7 Å². The Morgan fingerprint density at radius 2 is 2.09 bits per heavy atom. The SMILES string of the molecule is Cc1c(/C=N\NC(=O)CC2(C)SCCS2)c2ccccc2n1C. The van der Waals surface area contributed by atoms with Crippen LogP contribution in [0.5, 0.6) is 0 Å². The third-order valence-corrected chi connectivity index (χ3v) is 7.50. The number of nitrogens with one attached hydrogen (secondary N) is 1. The lowest BCUT2D eigenvalue weighted by Crippen LogP contribution is -2.26. The lowest BCUT2D eigenvalue weighted by Gasteiger charge is -2.19. The fourth-order valence-electron chi connectivity index (χ4n) is 2.87. The number of aryl methyl sites for hydroxylation is 1. The second kappa shape index (κ2) is 6.61. The van der Waals surface area contributed by atoms with Crippen LogP contribution in [0.25, 0.3) is 10.9 Å². The second-order valence-corrected chi connectivity index (χ2v) is 9.33. The molecule has 3 rings (SSSR count). The van der Waals surface area contributed by atoms with Gasteiger partial charge >= 0.3 is 0 Å². The average Bonchev–Trinajstić information content (AvgIpc) is 3.05. The second-order valence-electron chi connectivity index (χ2n) is 5.88. The summed E-state index contributed by atoms with van der Waals surface area (Å²) in [6.07, 6.45) is 2.25. The van der Waals surface area contributed by atoms with Gasteiger partial charge in [-0.25, -0.2) is 5.43 Å². The smallest absolute Gasteiger partial charge is 0.242 e. The molecule has 1 amide bonds. The summed E-state index contributed by atoms with van der Waals surface area (Å²) in [7, 11) is 2.04. The van der Waals surface area contributed by atoms with Crippen LogP contribution in [0.1, 0.15) is 24.6 Å². The van der Waals surface area contributed by atoms with Crippen molar-refractivity contribution in [3.63, 3.8) is 0 Å². The summed E-state index contributed by atoms with van der Waals surface area (Å²) in [6.45, 7) is 4.20. The van der Waals surface area contributed by atoms with Gasteiger partial charge in [0.15, 0.2) is 0 Å². The van der Waals surface area contributed by atoms with Crippen LogP contribution in [0.15, 0.2) is 29.4 Å². The van der Waals surface area contributed by atoms with E-state index in [-0.39, 0.29) is 9.99 Å². The van der Waals surface area contributed by atoms with Gasteiger partial charge in [-0.05, 0) is 19.9 Å². The van der Waals surface area contributed by atoms with Crippen molar-refractivity contribution in [2.75, 3.05) is 11.5 Å². The maximum absolute atomic E-state index is 12.1. The highest BCUT2D eigenvalue weighted by Gasteiger charge is 2.32. The van der Waals surface area contributed by atoms with Gasteiger partial charge in [0, 0.05) is 40.7 Å². The molecule has 0 atom stereocenters. The number of amides is 1. The molecule has 23 heavy (non-hydrogen) atoms. The van der Waals surface area contributed by atoms with E-state index in [1.54, 1.807) is 6.21 Å². The minimum absolute atomic E-state index is 0.00500. The van der Waals surface area contributed by atoms with E-state index in [9.17, 15) is 4.79 Å². The van der Waals surface area contributed by atoms with Crippen LogP contribution in [-0.4, -0.2) is 32.3 Å². The molecule has 2 heterocycles. The number of carbonyl (C=O) groups excluding carboxylic acids is 1. The summed E-state index contributed by atoms with van der Waals surface area (Å²) in [6, 6.07) is 8.22. The van der Waals surface area contributed by atoms with Gasteiger partial charge in [-0.15, -0.1) is 23.5 Å². The van der Waals surface area contributed by atoms with Crippen LogP contribution >= 0.6 is 23.5 Å². The molecule has 0 aliphatic carbocycles. The van der Waals surface area contributed by atoms with Crippen molar-refractivity contribution in [2.24, 2.45) is 12.1 Å². The van der Waals surface area contributed by atoms with Gasteiger partial charge in [-0.1, -0.05) is 18.2 Å². The highest BCUT2D eigenvalue weighted by atomic mass is 32.2. The Morgan fingerprint density at radius 1 is 1.39 bits per heavy atom. The molecule has 0 radical (unpaired) electrons. The minimum atomic E-state index is -0.0245. The van der Waals surface area contributed by atoms with E-state index < -0.39 is 0 Å². The average molecular weight is 348 g/mol. The molecule has 4 nitrogen and oxygen atoms in total. The van der Waals surface area contributed by atoms with Gasteiger partial charge in [-0.3, -0.25) is 4.79 Å². The summed E-state index contributed by atoms with van der Waals surface area (Å²) < 4.78 is 2.14. The summed E-state index contributed by atoms with van der Waals surface area (Å²) in [5.74, 6) is 2.21. The first kappa shape index (κ1) is 16.5. The molecule has 122 valence electrons. The monoisotopic (exact) mass is 347 g/mol. The van der Waals surface area contributed by atoms with Crippen molar-refractivity contribution < 1.29 is 4.79 Å². The molecule has 1 aliphatic rings. The molecular formula is C17H21N3OS2. The van der Waals surface area contributed by atoms with E-state index in [2.05, 4.69) is 41.1 Å². The van der Waals surface area contributed by atoms with E-state index in [0.717, 1.165) is 28.1 Å². The minimum Gasteiger partial charge on any atom is -0.347 e. The molecule has 1 fully saturated rings. The molecule has 1 aromatic carbocycles. The van der Waals surface area contributed by atoms with Crippen molar-refractivity contribution in [3.8, 4) is 0 Å². The van der Waals surface area contributed by atoms with Crippen molar-refractivity contribution in [2.45, 2.75) is 24.3 Å². The van der Waals surface area contributed by atoms with Crippen LogP contribution in [0.3, 0.4) is 0 Å². The summed E-state index contributed by atoms with van der Waals surface area (Å²) in [5, 5.41) is 5.33. The van der Waals surface area contributed by atoms with E-state index in [4.69, 9.17) is 0 Å². The van der Waals surface area contributed by atoms with Crippen molar-refractivity contribution >= 4 is 46.5 Å². The number of thioether (sulfide) groups is 2. The number of hydrogen-bond acceptors (Lipinski definition) is 4. The number of para-hydroxylation sites is 1. The fourth-order valence-corrected chi connectivity index (χ4v) is 5.70. The molecule has 2 aromatic rings. The Morgan fingerprint density at radius 3 is 2.83 bits per heavy atom. The van der Waals surface area contributed by atoms with Crippen LogP contribution in [0.2, 0.25) is 0 Å². The summed E-state index contributed by atoms with van der Waals surface area (Å²) >= 11 is 3.71. The first-order valence-electron chi connectivity index (χ1n) is 7.64. The molecule has 1 N–H and O–H groups in total. The molecule has 1 aliphatic heterocycles. The summed E-state index contributed by atoms with van der Waals surface area (Å²) in [5.41, 5.74) is 6.04. The first-order valence-corrected chi connectivity index (χ1v) is 9.61. The van der Waals surface area contributed by atoms with Crippen LogP contribution in [0.4, 0.5) is 0 Å². The molecule has 0 bridgehead atoms. The number of nitrogens with zero attached hydrogens (tertiary/aromatic N) is 2. The maximum Gasteiger partial charge on any atom is 0.242 e. The number of benzene rings is 1. The van der Waals surface area contributed by atoms with Gasteiger partial charge in [0.25, 0.3) is 0 Å². The number of hydrazone groups is 1. The van der Waals surface area contributed by atoms with Crippen LogP contribution in [0, 0.1) is 6.92 Å². The van der Waals surface area contributed by atoms with Crippen molar-refractivity contribution in [1.29, 1.82) is 0 Å². The van der Waals surface area contributed by atoms with Gasteiger partial charge < -0.3 is 4.57 Å². The first-order chi connectivity index (χ1) is 11.0. The molecule has 0 saturated carbocycles. The third kappa shape index (κ3) is 3.43. The molecule has 1 aromatic heterocycles. The van der Waals surface area contributed by atoms with Crippen molar-refractivity contribution in [1.82, 2.24) is 9.99 Å². The zero-order valence-electron chi connectivity index (χ0n) is 13.6. The number of rotatable bonds is 4. The van der Waals surface area contributed by atoms with Crippen LogP contribution in [-0.2, 0) is 11.8 Å². The molecular weight excluding hydrogens is 326 g/mol. The Labute approximate surface area is 145 Å². The van der Waals surface area contributed by atoms with Gasteiger partial charge in [0.1, 0.15) is 0 Å². The Kier molecular flexibility index (Phi) is 4.73. The zero-order chi connectivity index (χ0) is 16.4. The molecule has 0 unspecified atom stereocenters. The Bertz CT molecular complexity index is 761. The lowest BCUT2D eigenvalue weighted by atomic mass is 10.1. The number of carbonyl (C=O) groups is 1. The largest absolute Gasteiger partial charge is 0.347 e. The lowest BCUT2D eigenvalue weighted by molar-refractivity contribution is -0.121. The van der Waals surface area contributed by atoms with Gasteiger partial charge in [0.05, 0.1) is 16.7 Å². The quantitative estimate of drug-likeness (QED) is 0.680. The van der Waals surface area contributed by atoms with Crippen LogP contribution < -0.4 is 5.43 Å². The normalized spacial score (nSPS) is 17.2. The Hall–Kier alpha value is -1.40. The number of hydrogen-bond donors (Lipinski definition) is 1. The molecule has 6 heteroatoms. The zero-order valence-corrected chi connectivity index (χ0v) is 15.3. The van der Waals surface area contributed by atoms with E-state index in [1.165, 1.54) is 5.52 Å². The maximum atomic E-state index is 12.1. The van der Waals surface area contributed by atoms with E-state index >= 15 is 0 Å². The molecule has 1 saturated heterocycles. The van der Waals surface area contributed by atoms with Crippen molar-refractivity contribution in [3.05, 3.63) is 35.5 Å². The number of aromatic nitrogens is 1. The van der Waals surface area contributed by atoms with E-state index in [0.29, 0.717) is 6.42 Å². The fraction of sp³-hybridized carbons (Fsp3) is 0.412. The number of fused-ring (bicyclic) bond motifs is 1. The standard InChI is InChI=1S/C17H21N3OS2/c1-12-14(13-6-4-5-7-15(13)20(12)3)11-18-19-16(21)10-17(2)22-8-9-23-17/h4-7,11H,8-10H2,1-3H3,(H,19,21)/b18-11-. The predicted molar refractivity (Wildman–Crippen MR) is 101 cm³/mol. The van der Waals surface area contributed by atoms with Gasteiger partial charge in [-0.2, -0.15) is 5.10 Å². The topological polar surface area (TPSA) is 46.4 Å².